The Morgan fingerprint density at radius 3 is 1.19 bits per heavy atom. The minimum atomic E-state index is -3.78. The lowest BCUT2D eigenvalue weighted by Crippen LogP contribution is -2.42. The van der Waals surface area contributed by atoms with Gasteiger partial charge in [-0.1, -0.05) is 251 Å². The van der Waals surface area contributed by atoms with Crippen LogP contribution in [0.2, 0.25) is 0 Å². The standard InChI is InChI=1S/C22H29NO5S.C15H25NO.2C11H15ClO.C11H13ClO.C11H14O/c1-16(2)13-23(14-20(24)17(3)11-18-7-5-4-6-8-18)29(25,26)19-9-10-21-22(12-19)28-15-27-21;1-12(2)10-16-11-15(17)13(3)9-14-7-5-4-6-8-14;3*1-9(11(13)8-12)7-10-5-3-2-4-6-10;1-9(11-8-12-11)7-10-5-3-2-4-6-10/h4-10,12,16-17,20,24H,11,13-15H2,1-3H3;4-8,12-13,15-17H,9-11H2,1-3H3;2*2-6,9,11,13H,7-8H2,1H3;2-6,9H,7-8H2,1H3;2-6,9,11H,7-8H2,1H3. The highest BCUT2D eigenvalue weighted by atomic mass is 35.5. The lowest BCUT2D eigenvalue weighted by Gasteiger charge is -2.29. The summed E-state index contributed by atoms with van der Waals surface area (Å²) in [4.78, 5) is 11.3. The molecule has 0 radical (unpaired) electrons. The zero-order valence-corrected chi connectivity index (χ0v) is 62.0. The van der Waals surface area contributed by atoms with Crippen molar-refractivity contribution >= 4 is 50.6 Å². The number of alkyl halides is 3. The van der Waals surface area contributed by atoms with Crippen molar-refractivity contribution in [1.29, 1.82) is 0 Å². The van der Waals surface area contributed by atoms with Crippen molar-refractivity contribution < 1.29 is 47.8 Å². The van der Waals surface area contributed by atoms with Crippen LogP contribution in [0.15, 0.2) is 205 Å². The topological polar surface area (TPSA) is 178 Å². The summed E-state index contributed by atoms with van der Waals surface area (Å²) in [5.41, 5.74) is 7.52. The molecule has 9 rings (SSSR count). The van der Waals surface area contributed by atoms with E-state index in [1.807, 2.05) is 157 Å². The van der Waals surface area contributed by atoms with Crippen molar-refractivity contribution in [1.82, 2.24) is 9.62 Å². The summed E-state index contributed by atoms with van der Waals surface area (Å²) >= 11 is 16.6. The van der Waals surface area contributed by atoms with Gasteiger partial charge < -0.3 is 40.0 Å². The molecule has 2 heterocycles. The van der Waals surface area contributed by atoms with E-state index in [0.717, 1.165) is 50.8 Å². The first-order valence-electron chi connectivity index (χ1n) is 34.3. The van der Waals surface area contributed by atoms with Gasteiger partial charge in [0.05, 0.1) is 47.9 Å². The highest BCUT2D eigenvalue weighted by molar-refractivity contribution is 7.89. The van der Waals surface area contributed by atoms with Crippen molar-refractivity contribution in [2.75, 3.05) is 57.2 Å². The van der Waals surface area contributed by atoms with Crippen molar-refractivity contribution in [2.24, 2.45) is 47.3 Å². The third-order valence-electron chi connectivity index (χ3n) is 16.9. The van der Waals surface area contributed by atoms with Gasteiger partial charge in [0.1, 0.15) is 0 Å². The number of hydrogen-bond donors (Lipinski definition) is 5. The third kappa shape index (κ3) is 33.8. The fraction of sp³-hybridized carbons (Fsp3) is 0.469. The number of Topliss-reactive ketones (excluding diaryl/α,β-unsaturated/α-hetero) is 1. The van der Waals surface area contributed by atoms with Gasteiger partial charge in [-0.15, -0.1) is 34.8 Å². The van der Waals surface area contributed by atoms with Crippen molar-refractivity contribution in [3.63, 3.8) is 0 Å². The molecule has 2 aliphatic rings. The van der Waals surface area contributed by atoms with Crippen molar-refractivity contribution in [3.8, 4) is 11.5 Å². The van der Waals surface area contributed by atoms with Gasteiger partial charge in [0.2, 0.25) is 16.8 Å². The molecule has 16 heteroatoms. The molecule has 11 atom stereocenters. The number of epoxide rings is 1. The lowest BCUT2D eigenvalue weighted by atomic mass is 9.96. The summed E-state index contributed by atoms with van der Waals surface area (Å²) in [6, 6.07) is 65.7. The Labute approximate surface area is 597 Å². The average molecular weight is 1410 g/mol. The van der Waals surface area contributed by atoms with E-state index in [0.29, 0.717) is 60.7 Å². The van der Waals surface area contributed by atoms with Gasteiger partial charge in [-0.3, -0.25) is 4.79 Å². The Bertz CT molecular complexity index is 3220. The maximum atomic E-state index is 13.3. The molecule has 0 saturated carbocycles. The number of ether oxygens (including phenoxy) is 3. The van der Waals surface area contributed by atoms with Crippen molar-refractivity contribution in [2.45, 2.75) is 143 Å². The van der Waals surface area contributed by atoms with Crippen LogP contribution in [0.4, 0.5) is 0 Å². The number of aliphatic hydroxyl groups excluding tert-OH is 4. The van der Waals surface area contributed by atoms with Gasteiger partial charge in [-0.2, -0.15) is 4.31 Å². The SMILES string of the molecule is CC(C)CN(CC(O)C(C)Cc1ccccc1)S(=O)(=O)c1ccc2c(c1)OCO2.CC(C)CNCC(O)C(C)Cc1ccccc1.CC(Cc1ccccc1)C(=O)CCl.CC(Cc1ccccc1)C(O)CCl.CC(Cc1ccccc1)C(O)CCl.CC(Cc1ccccc1)C1CO1. The number of halogens is 3. The predicted octanol–water partition coefficient (Wildman–Crippen LogP) is 15.6. The minimum absolute atomic E-state index is 0.0277. The van der Waals surface area contributed by atoms with Crippen LogP contribution in [0.3, 0.4) is 0 Å². The fourth-order valence-corrected chi connectivity index (χ4v) is 13.0. The van der Waals surface area contributed by atoms with Gasteiger partial charge in [-0.25, -0.2) is 8.42 Å². The molecule has 12 nitrogen and oxygen atoms in total. The fourth-order valence-electron chi connectivity index (χ4n) is 10.5. The second-order valence-electron chi connectivity index (χ2n) is 26.8. The molecule has 0 aliphatic carbocycles. The van der Waals surface area contributed by atoms with Gasteiger partial charge in [0, 0.05) is 43.4 Å². The van der Waals surface area contributed by atoms with Crippen LogP contribution in [0.5, 0.6) is 11.5 Å². The Morgan fingerprint density at radius 1 is 0.464 bits per heavy atom. The van der Waals surface area contributed by atoms with Gasteiger partial charge >= 0.3 is 0 Å². The van der Waals surface area contributed by atoms with Crippen LogP contribution in [0, 0.1) is 47.3 Å². The first-order valence-corrected chi connectivity index (χ1v) is 37.4. The summed E-state index contributed by atoms with van der Waals surface area (Å²) in [6.45, 7) is 23.6. The Hall–Kier alpha value is -5.65. The number of fused-ring (bicyclic) bond motifs is 1. The van der Waals surface area contributed by atoms with E-state index in [-0.39, 0.29) is 71.5 Å². The van der Waals surface area contributed by atoms with Gasteiger partial charge in [0.15, 0.2) is 17.3 Å². The summed E-state index contributed by atoms with van der Waals surface area (Å²) < 4.78 is 43.8. The first kappa shape index (κ1) is 83.8. The van der Waals surface area contributed by atoms with E-state index >= 15 is 0 Å². The molecule has 1 fully saturated rings. The molecule has 7 aromatic carbocycles. The zero-order chi connectivity index (χ0) is 71.1. The summed E-state index contributed by atoms with van der Waals surface area (Å²) in [5, 5.41) is 43.0. The van der Waals surface area contributed by atoms with E-state index < -0.39 is 28.3 Å². The van der Waals surface area contributed by atoms with E-state index in [1.165, 1.54) is 44.3 Å². The van der Waals surface area contributed by atoms with E-state index in [4.69, 9.17) is 49.0 Å². The smallest absolute Gasteiger partial charge is 0.243 e. The van der Waals surface area contributed by atoms with Crippen LogP contribution < -0.4 is 14.8 Å². The van der Waals surface area contributed by atoms with Crippen LogP contribution in [-0.2, 0) is 58.1 Å². The largest absolute Gasteiger partial charge is 0.454 e. The van der Waals surface area contributed by atoms with E-state index in [9.17, 15) is 33.6 Å². The minimum Gasteiger partial charge on any atom is -0.454 e. The summed E-state index contributed by atoms with van der Waals surface area (Å²) in [7, 11) is -3.78. The van der Waals surface area contributed by atoms with Gasteiger partial charge in [-0.05, 0) is 132 Å². The molecule has 2 aliphatic heterocycles. The van der Waals surface area contributed by atoms with Crippen LogP contribution >= 0.6 is 34.8 Å². The molecule has 5 N–H and O–H groups in total. The second kappa shape index (κ2) is 46.6. The average Bonchev–Trinajstić information content (AvgIpc) is 1.70. The molecule has 0 spiro atoms. The molecular weight excluding hydrogens is 1300 g/mol. The number of aliphatic hydroxyl groups is 4. The highest BCUT2D eigenvalue weighted by Gasteiger charge is 2.32. The molecule has 7 aromatic rings. The Morgan fingerprint density at radius 2 is 0.825 bits per heavy atom. The molecule has 1 saturated heterocycles. The quantitative estimate of drug-likeness (QED) is 0.0206. The number of benzene rings is 7. The number of nitrogens with one attached hydrogen (secondary N) is 1. The first-order chi connectivity index (χ1) is 46.4. The summed E-state index contributed by atoms with van der Waals surface area (Å²) in [5.74, 6) is 3.93. The molecule has 0 bridgehead atoms. The van der Waals surface area contributed by atoms with E-state index in [2.05, 4.69) is 99.7 Å². The molecule has 532 valence electrons. The van der Waals surface area contributed by atoms with Gasteiger partial charge in [0.25, 0.3) is 0 Å². The number of nitrogens with zero attached hydrogens (tertiary/aromatic N) is 1. The third-order valence-corrected chi connectivity index (χ3v) is 19.6. The lowest BCUT2D eigenvalue weighted by molar-refractivity contribution is -0.119. The monoisotopic (exact) mass is 1410 g/mol. The van der Waals surface area contributed by atoms with Crippen LogP contribution in [-0.4, -0.2) is 127 Å². The second-order valence-corrected chi connectivity index (χ2v) is 29.6. The summed E-state index contributed by atoms with van der Waals surface area (Å²) in [6.07, 6.45) is 3.99. The number of sulfonamides is 1. The maximum absolute atomic E-state index is 13.3. The molecule has 0 amide bonds. The van der Waals surface area contributed by atoms with Crippen LogP contribution in [0.1, 0.15) is 103 Å². The molecule has 0 aromatic heterocycles. The zero-order valence-electron chi connectivity index (χ0n) is 58.9. The maximum Gasteiger partial charge on any atom is 0.243 e. The Kier molecular flexibility index (Phi) is 40.3. The number of ketones is 1. The molecule has 97 heavy (non-hydrogen) atoms. The molecule has 11 unspecified atom stereocenters. The normalized spacial score (nSPS) is 16.0. The number of carbonyl (C=O) groups is 1. The Balaban J connectivity index is 0.000000257. The number of carbonyl (C=O) groups excluding carboxylic acids is 1. The van der Waals surface area contributed by atoms with E-state index in [1.54, 1.807) is 6.07 Å². The highest BCUT2D eigenvalue weighted by Crippen LogP contribution is 2.35. The molecular formula is C81H111Cl3N2O10S. The van der Waals surface area contributed by atoms with Crippen LogP contribution in [0.25, 0.3) is 0 Å². The van der Waals surface area contributed by atoms with Crippen molar-refractivity contribution in [3.05, 3.63) is 234 Å². The number of rotatable bonds is 31. The number of hydrogen-bond acceptors (Lipinski definition) is 11. The predicted molar refractivity (Wildman–Crippen MR) is 401 cm³/mol.